The fourth-order valence-electron chi connectivity index (χ4n) is 1.01. The van der Waals surface area contributed by atoms with Gasteiger partial charge in [-0.1, -0.05) is 0 Å². The van der Waals surface area contributed by atoms with E-state index in [1.54, 1.807) is 6.92 Å². The highest BCUT2D eigenvalue weighted by Gasteiger charge is 2.01. The molecule has 0 aliphatic heterocycles. The predicted molar refractivity (Wildman–Crippen MR) is 49.4 cm³/mol. The summed E-state index contributed by atoms with van der Waals surface area (Å²) < 4.78 is 0. The number of carbonyl (C=O) groups excluding carboxylic acids is 1. The molecule has 0 saturated carbocycles. The number of aromatic amines is 1. The molecule has 3 nitrogen and oxygen atoms in total. The number of hydrogen-bond donors (Lipinski definition) is 1. The predicted octanol–water partition coefficient (Wildman–Crippen LogP) is 1.43. The van der Waals surface area contributed by atoms with E-state index < -0.39 is 0 Å². The van der Waals surface area contributed by atoms with Gasteiger partial charge in [-0.2, -0.15) is 0 Å². The molecule has 0 bridgehead atoms. The maximum atomic E-state index is 10.7. The number of H-pyrrole nitrogens is 1. The molecule has 0 unspecified atom stereocenters. The average Bonchev–Trinajstić information content (AvgIpc) is 2.51. The third-order valence-electron chi connectivity index (χ3n) is 1.82. The van der Waals surface area contributed by atoms with Crippen molar-refractivity contribution in [3.63, 3.8) is 0 Å². The Balaban J connectivity index is 2.39. The van der Waals surface area contributed by atoms with Gasteiger partial charge in [-0.25, -0.2) is 0 Å². The van der Waals surface area contributed by atoms with Crippen LogP contribution in [0, 0.1) is 0 Å². The number of aromatic nitrogens is 1. The van der Waals surface area contributed by atoms with Crippen molar-refractivity contribution < 1.29 is 4.79 Å². The first kappa shape index (κ1) is 8.84. The van der Waals surface area contributed by atoms with Gasteiger partial charge >= 0.3 is 0 Å². The molecular weight excluding hydrogens is 152 g/mol. The lowest BCUT2D eigenvalue weighted by molar-refractivity contribution is -0.116. The zero-order valence-corrected chi connectivity index (χ0v) is 7.50. The van der Waals surface area contributed by atoms with Gasteiger partial charge in [-0.05, 0) is 13.0 Å². The van der Waals surface area contributed by atoms with Gasteiger partial charge in [0.15, 0.2) is 0 Å². The lowest BCUT2D eigenvalue weighted by Gasteiger charge is -2.15. The Labute approximate surface area is 72.4 Å². The molecule has 1 heterocycles. The number of anilines is 1. The van der Waals surface area contributed by atoms with Crippen LogP contribution in [0.25, 0.3) is 0 Å². The summed E-state index contributed by atoms with van der Waals surface area (Å²) in [5, 5.41) is 0. The van der Waals surface area contributed by atoms with Crippen molar-refractivity contribution in [1.29, 1.82) is 0 Å². The van der Waals surface area contributed by atoms with Crippen LogP contribution in [0.4, 0.5) is 5.69 Å². The second-order valence-corrected chi connectivity index (χ2v) is 2.94. The monoisotopic (exact) mass is 166 g/mol. The minimum absolute atomic E-state index is 0.234. The van der Waals surface area contributed by atoms with Gasteiger partial charge < -0.3 is 9.88 Å². The molecule has 0 saturated heterocycles. The standard InChI is InChI=1S/C9H14N2O/c1-8(12)4-6-11(2)9-3-5-10-7-9/h3,5,7,10H,4,6H2,1-2H3. The molecule has 0 radical (unpaired) electrons. The number of carbonyl (C=O) groups is 1. The van der Waals surface area contributed by atoms with E-state index in [1.807, 2.05) is 25.5 Å². The molecule has 0 amide bonds. The van der Waals surface area contributed by atoms with Gasteiger partial charge in [-0.3, -0.25) is 4.79 Å². The van der Waals surface area contributed by atoms with Crippen LogP contribution in [0.5, 0.6) is 0 Å². The number of nitrogens with zero attached hydrogens (tertiary/aromatic N) is 1. The zero-order chi connectivity index (χ0) is 8.97. The highest BCUT2D eigenvalue weighted by atomic mass is 16.1. The zero-order valence-electron chi connectivity index (χ0n) is 7.50. The molecule has 0 aliphatic rings. The van der Waals surface area contributed by atoms with E-state index >= 15 is 0 Å². The van der Waals surface area contributed by atoms with Crippen molar-refractivity contribution in [1.82, 2.24) is 4.98 Å². The third kappa shape index (κ3) is 2.42. The number of hydrogen-bond acceptors (Lipinski definition) is 2. The summed E-state index contributed by atoms with van der Waals surface area (Å²) in [5.74, 6) is 0.234. The van der Waals surface area contributed by atoms with Crippen LogP contribution in [-0.2, 0) is 4.79 Å². The third-order valence-corrected chi connectivity index (χ3v) is 1.82. The summed E-state index contributed by atoms with van der Waals surface area (Å²) in [6.45, 7) is 2.40. The van der Waals surface area contributed by atoms with E-state index in [2.05, 4.69) is 9.88 Å². The molecule has 1 aromatic rings. The lowest BCUT2D eigenvalue weighted by Crippen LogP contribution is -2.19. The second kappa shape index (κ2) is 3.95. The maximum Gasteiger partial charge on any atom is 0.131 e. The van der Waals surface area contributed by atoms with E-state index in [9.17, 15) is 4.79 Å². The fourth-order valence-corrected chi connectivity index (χ4v) is 1.01. The van der Waals surface area contributed by atoms with Crippen LogP contribution < -0.4 is 4.90 Å². The first-order valence-electron chi connectivity index (χ1n) is 4.03. The van der Waals surface area contributed by atoms with Crippen molar-refractivity contribution >= 4 is 11.5 Å². The smallest absolute Gasteiger partial charge is 0.131 e. The van der Waals surface area contributed by atoms with E-state index in [0.717, 1.165) is 12.2 Å². The summed E-state index contributed by atoms with van der Waals surface area (Å²) in [4.78, 5) is 15.7. The van der Waals surface area contributed by atoms with Gasteiger partial charge in [0.2, 0.25) is 0 Å². The fraction of sp³-hybridized carbons (Fsp3) is 0.444. The molecule has 0 aliphatic carbocycles. The molecule has 1 rings (SSSR count). The van der Waals surface area contributed by atoms with Gasteiger partial charge in [0.05, 0.1) is 5.69 Å². The van der Waals surface area contributed by atoms with Crippen LogP contribution in [0.2, 0.25) is 0 Å². The van der Waals surface area contributed by atoms with E-state index in [4.69, 9.17) is 0 Å². The topological polar surface area (TPSA) is 36.1 Å². The summed E-state index contributed by atoms with van der Waals surface area (Å²) in [6, 6.07) is 1.99. The number of ketones is 1. The minimum Gasteiger partial charge on any atom is -0.373 e. The van der Waals surface area contributed by atoms with Crippen molar-refractivity contribution in [3.05, 3.63) is 18.5 Å². The van der Waals surface area contributed by atoms with Gasteiger partial charge in [0, 0.05) is 32.4 Å². The second-order valence-electron chi connectivity index (χ2n) is 2.94. The number of rotatable bonds is 4. The summed E-state index contributed by atoms with van der Waals surface area (Å²) in [7, 11) is 1.98. The van der Waals surface area contributed by atoms with E-state index in [1.165, 1.54) is 0 Å². The number of Topliss-reactive ketones (excluding diaryl/α,β-unsaturated/α-hetero) is 1. The highest BCUT2D eigenvalue weighted by molar-refractivity contribution is 5.76. The molecule has 1 aromatic heterocycles. The lowest BCUT2D eigenvalue weighted by atomic mass is 10.3. The Bertz CT molecular complexity index is 241. The van der Waals surface area contributed by atoms with Crippen LogP contribution in [-0.4, -0.2) is 24.4 Å². The molecule has 1 N–H and O–H groups in total. The Hall–Kier alpha value is -1.25. The Kier molecular flexibility index (Phi) is 2.91. The maximum absolute atomic E-state index is 10.7. The van der Waals surface area contributed by atoms with Crippen LogP contribution in [0.15, 0.2) is 18.5 Å². The van der Waals surface area contributed by atoms with Crippen molar-refractivity contribution in [3.8, 4) is 0 Å². The van der Waals surface area contributed by atoms with E-state index in [-0.39, 0.29) is 5.78 Å². The van der Waals surface area contributed by atoms with Crippen LogP contribution in [0.1, 0.15) is 13.3 Å². The van der Waals surface area contributed by atoms with Gasteiger partial charge in [-0.15, -0.1) is 0 Å². The molecule has 0 atom stereocenters. The first-order valence-corrected chi connectivity index (χ1v) is 4.03. The molecule has 0 fully saturated rings. The average molecular weight is 166 g/mol. The molecule has 3 heteroatoms. The van der Waals surface area contributed by atoms with Crippen molar-refractivity contribution in [2.45, 2.75) is 13.3 Å². The quantitative estimate of drug-likeness (QED) is 0.734. The van der Waals surface area contributed by atoms with E-state index in [0.29, 0.717) is 6.42 Å². The van der Waals surface area contributed by atoms with Gasteiger partial charge in [0.25, 0.3) is 0 Å². The molecule has 0 aromatic carbocycles. The Morgan fingerprint density at radius 2 is 2.42 bits per heavy atom. The molecule has 0 spiro atoms. The number of nitrogens with one attached hydrogen (secondary N) is 1. The van der Waals surface area contributed by atoms with Crippen molar-refractivity contribution in [2.24, 2.45) is 0 Å². The summed E-state index contributed by atoms with van der Waals surface area (Å²) in [5.41, 5.74) is 1.12. The largest absolute Gasteiger partial charge is 0.373 e. The minimum atomic E-state index is 0.234. The summed E-state index contributed by atoms with van der Waals surface area (Å²) in [6.07, 6.45) is 4.40. The van der Waals surface area contributed by atoms with Gasteiger partial charge in [0.1, 0.15) is 5.78 Å². The molecule has 66 valence electrons. The Morgan fingerprint density at radius 3 is 2.92 bits per heavy atom. The SMILES string of the molecule is CC(=O)CCN(C)c1cc[nH]c1. The van der Waals surface area contributed by atoms with Crippen LogP contribution >= 0.6 is 0 Å². The summed E-state index contributed by atoms with van der Waals surface area (Å²) >= 11 is 0. The van der Waals surface area contributed by atoms with Crippen LogP contribution in [0.3, 0.4) is 0 Å². The van der Waals surface area contributed by atoms with Crippen molar-refractivity contribution in [2.75, 3.05) is 18.5 Å². The highest BCUT2D eigenvalue weighted by Crippen LogP contribution is 2.09. The molecule has 12 heavy (non-hydrogen) atoms. The normalized spacial score (nSPS) is 9.83. The Morgan fingerprint density at radius 1 is 1.67 bits per heavy atom. The first-order chi connectivity index (χ1) is 5.70. The molecular formula is C9H14N2O.